The molecule has 6 heteroatoms. The van der Waals surface area contributed by atoms with Gasteiger partial charge in [-0.1, -0.05) is 37.0 Å². The maximum Gasteiger partial charge on any atom is 0.296 e. The highest BCUT2D eigenvalue weighted by atomic mass is 32.2. The van der Waals surface area contributed by atoms with Crippen molar-refractivity contribution in [2.45, 2.75) is 62.7 Å². The minimum atomic E-state index is -3.86. The van der Waals surface area contributed by atoms with Crippen LogP contribution in [0.15, 0.2) is 29.2 Å². The molecule has 0 saturated heterocycles. The predicted octanol–water partition coefficient (Wildman–Crippen LogP) is 4.70. The first-order valence-corrected chi connectivity index (χ1v) is 9.56. The third kappa shape index (κ3) is 5.24. The molecule has 0 aliphatic heterocycles. The van der Waals surface area contributed by atoms with Crippen molar-refractivity contribution in [2.75, 3.05) is 6.61 Å². The lowest BCUT2D eigenvalue weighted by molar-refractivity contribution is -0.0800. The number of hydrogen-bond acceptors (Lipinski definition) is 3. The fourth-order valence-corrected chi connectivity index (χ4v) is 3.92. The summed E-state index contributed by atoms with van der Waals surface area (Å²) >= 11 is 0. The van der Waals surface area contributed by atoms with Gasteiger partial charge in [0, 0.05) is 12.3 Å². The summed E-state index contributed by atoms with van der Waals surface area (Å²) in [6.07, 6.45) is 3.60. The Morgan fingerprint density at radius 1 is 1.13 bits per heavy atom. The Morgan fingerprint density at radius 2 is 1.74 bits per heavy atom. The van der Waals surface area contributed by atoms with Crippen molar-refractivity contribution < 1.29 is 21.4 Å². The van der Waals surface area contributed by atoms with E-state index < -0.39 is 22.0 Å². The molecule has 1 aliphatic rings. The van der Waals surface area contributed by atoms with Gasteiger partial charge in [0.2, 0.25) is 0 Å². The molecule has 0 aromatic heterocycles. The summed E-state index contributed by atoms with van der Waals surface area (Å²) in [5.74, 6) is -3.29. The second kappa shape index (κ2) is 7.71. The van der Waals surface area contributed by atoms with Crippen LogP contribution in [-0.4, -0.2) is 20.9 Å². The standard InChI is InChI=1S/C17H24F2O3S/c1-14-8-10-16(11-9-14)23(20,21)22-13-5-12-17(18,19)15-6-3-2-4-7-15/h8-11,15H,2-7,12-13H2,1H3. The van der Waals surface area contributed by atoms with Crippen LogP contribution < -0.4 is 0 Å². The summed E-state index contributed by atoms with van der Waals surface area (Å²) in [6.45, 7) is 1.64. The average Bonchev–Trinajstić information content (AvgIpc) is 2.53. The molecular formula is C17H24F2O3S. The fraction of sp³-hybridized carbons (Fsp3) is 0.647. The van der Waals surface area contributed by atoms with Gasteiger partial charge in [0.05, 0.1) is 11.5 Å². The Morgan fingerprint density at radius 3 is 2.35 bits per heavy atom. The van der Waals surface area contributed by atoms with E-state index in [-0.39, 0.29) is 24.3 Å². The van der Waals surface area contributed by atoms with Crippen LogP contribution in [0.25, 0.3) is 0 Å². The average molecular weight is 346 g/mol. The van der Waals surface area contributed by atoms with E-state index in [1.54, 1.807) is 12.1 Å². The van der Waals surface area contributed by atoms with E-state index in [4.69, 9.17) is 4.18 Å². The molecule has 0 heterocycles. The topological polar surface area (TPSA) is 43.4 Å². The lowest BCUT2D eigenvalue weighted by Crippen LogP contribution is -2.30. The number of rotatable bonds is 7. The summed E-state index contributed by atoms with van der Waals surface area (Å²) in [6, 6.07) is 6.27. The van der Waals surface area contributed by atoms with E-state index in [2.05, 4.69) is 0 Å². The smallest absolute Gasteiger partial charge is 0.266 e. The van der Waals surface area contributed by atoms with Gasteiger partial charge < -0.3 is 0 Å². The SMILES string of the molecule is Cc1ccc(S(=O)(=O)OCCCC(F)(F)C2CCCCC2)cc1. The van der Waals surface area contributed by atoms with Crippen molar-refractivity contribution in [3.63, 3.8) is 0 Å². The number of hydrogen-bond donors (Lipinski definition) is 0. The number of aryl methyl sites for hydroxylation is 1. The molecule has 1 aromatic rings. The first-order valence-electron chi connectivity index (χ1n) is 8.15. The highest BCUT2D eigenvalue weighted by molar-refractivity contribution is 7.86. The van der Waals surface area contributed by atoms with Crippen LogP contribution >= 0.6 is 0 Å². The first-order chi connectivity index (χ1) is 10.8. The van der Waals surface area contributed by atoms with Gasteiger partial charge in [0.25, 0.3) is 16.0 Å². The van der Waals surface area contributed by atoms with Gasteiger partial charge in [-0.2, -0.15) is 8.42 Å². The third-order valence-electron chi connectivity index (χ3n) is 4.41. The molecule has 1 aromatic carbocycles. The Kier molecular flexibility index (Phi) is 6.14. The molecule has 0 bridgehead atoms. The maximum absolute atomic E-state index is 14.1. The quantitative estimate of drug-likeness (QED) is 0.531. The summed E-state index contributed by atoms with van der Waals surface area (Å²) in [7, 11) is -3.86. The van der Waals surface area contributed by atoms with Crippen LogP contribution in [-0.2, 0) is 14.3 Å². The van der Waals surface area contributed by atoms with Crippen molar-refractivity contribution in [1.82, 2.24) is 0 Å². The Labute approximate surface area is 137 Å². The summed E-state index contributed by atoms with van der Waals surface area (Å²) in [4.78, 5) is 0.0575. The first kappa shape index (κ1) is 18.3. The van der Waals surface area contributed by atoms with Crippen molar-refractivity contribution in [1.29, 1.82) is 0 Å². The summed E-state index contributed by atoms with van der Waals surface area (Å²) in [5.41, 5.74) is 0.941. The van der Waals surface area contributed by atoms with Crippen molar-refractivity contribution in [3.05, 3.63) is 29.8 Å². The monoisotopic (exact) mass is 346 g/mol. The zero-order valence-corrected chi connectivity index (χ0v) is 14.2. The fourth-order valence-electron chi connectivity index (χ4n) is 2.98. The van der Waals surface area contributed by atoms with E-state index in [1.165, 1.54) is 12.1 Å². The Bertz CT molecular complexity index is 591. The second-order valence-electron chi connectivity index (χ2n) is 6.29. The van der Waals surface area contributed by atoms with Crippen molar-refractivity contribution >= 4 is 10.1 Å². The predicted molar refractivity (Wildman–Crippen MR) is 85.1 cm³/mol. The summed E-state index contributed by atoms with van der Waals surface area (Å²) in [5, 5.41) is 0. The highest BCUT2D eigenvalue weighted by Crippen LogP contribution is 2.39. The maximum atomic E-state index is 14.1. The molecule has 2 rings (SSSR count). The highest BCUT2D eigenvalue weighted by Gasteiger charge is 2.39. The van der Waals surface area contributed by atoms with Gasteiger partial charge >= 0.3 is 0 Å². The molecule has 0 radical (unpaired) electrons. The lowest BCUT2D eigenvalue weighted by Gasteiger charge is -2.29. The molecule has 130 valence electrons. The minimum Gasteiger partial charge on any atom is -0.266 e. The van der Waals surface area contributed by atoms with Gasteiger partial charge in [-0.15, -0.1) is 0 Å². The van der Waals surface area contributed by atoms with Crippen LogP contribution in [0.1, 0.15) is 50.5 Å². The molecule has 0 amide bonds. The molecule has 23 heavy (non-hydrogen) atoms. The number of alkyl halides is 2. The van der Waals surface area contributed by atoms with E-state index in [1.807, 2.05) is 6.92 Å². The van der Waals surface area contributed by atoms with Gasteiger partial charge in [-0.3, -0.25) is 4.18 Å². The van der Waals surface area contributed by atoms with E-state index >= 15 is 0 Å². The van der Waals surface area contributed by atoms with E-state index in [9.17, 15) is 17.2 Å². The molecule has 0 spiro atoms. The largest absolute Gasteiger partial charge is 0.296 e. The van der Waals surface area contributed by atoms with Gasteiger partial charge in [-0.05, 0) is 38.3 Å². The summed E-state index contributed by atoms with van der Waals surface area (Å²) < 4.78 is 57.0. The molecule has 0 atom stereocenters. The Balaban J connectivity index is 1.81. The molecule has 1 fully saturated rings. The van der Waals surface area contributed by atoms with Gasteiger partial charge in [0.1, 0.15) is 0 Å². The zero-order chi connectivity index (χ0) is 16.9. The van der Waals surface area contributed by atoms with E-state index in [0.717, 1.165) is 24.8 Å². The second-order valence-corrected chi connectivity index (χ2v) is 7.90. The third-order valence-corrected chi connectivity index (χ3v) is 5.73. The van der Waals surface area contributed by atoms with Crippen LogP contribution in [0, 0.1) is 12.8 Å². The zero-order valence-electron chi connectivity index (χ0n) is 13.4. The van der Waals surface area contributed by atoms with Gasteiger partial charge in [-0.25, -0.2) is 8.78 Å². The molecular weight excluding hydrogens is 322 g/mol. The molecule has 1 aliphatic carbocycles. The minimum absolute atomic E-state index is 0.0363. The van der Waals surface area contributed by atoms with Crippen LogP contribution in [0.4, 0.5) is 8.78 Å². The number of benzene rings is 1. The van der Waals surface area contributed by atoms with Crippen LogP contribution in [0.3, 0.4) is 0 Å². The van der Waals surface area contributed by atoms with E-state index in [0.29, 0.717) is 12.8 Å². The van der Waals surface area contributed by atoms with Crippen LogP contribution in [0.2, 0.25) is 0 Å². The molecule has 0 N–H and O–H groups in total. The Hall–Kier alpha value is -1.01. The number of halogens is 2. The molecule has 1 saturated carbocycles. The molecule has 0 unspecified atom stereocenters. The normalized spacial score (nSPS) is 17.3. The van der Waals surface area contributed by atoms with Crippen molar-refractivity contribution in [3.8, 4) is 0 Å². The lowest BCUT2D eigenvalue weighted by atomic mass is 9.83. The van der Waals surface area contributed by atoms with Crippen LogP contribution in [0.5, 0.6) is 0 Å². The molecule has 3 nitrogen and oxygen atoms in total. The van der Waals surface area contributed by atoms with Gasteiger partial charge in [0.15, 0.2) is 0 Å². The van der Waals surface area contributed by atoms with Crippen molar-refractivity contribution in [2.24, 2.45) is 5.92 Å².